The maximum absolute atomic E-state index is 14.8. The number of benzene rings is 2. The molecule has 0 bridgehead atoms. The van der Waals surface area contributed by atoms with Gasteiger partial charge in [-0.2, -0.15) is 0 Å². The van der Waals surface area contributed by atoms with Gasteiger partial charge in [-0.3, -0.25) is 24.3 Å². The normalized spacial score (nSPS) is 18.9. The number of rotatable bonds is 8. The second kappa shape index (κ2) is 10.3. The second-order valence-electron chi connectivity index (χ2n) is 8.67. The summed E-state index contributed by atoms with van der Waals surface area (Å²) in [5, 5.41) is 2.19. The third-order valence-corrected chi connectivity index (χ3v) is 8.73. The molecule has 1 aliphatic heterocycles. The molecule has 38 heavy (non-hydrogen) atoms. The number of aromatic nitrogens is 2. The Morgan fingerprint density at radius 3 is 2.55 bits per heavy atom. The highest BCUT2D eigenvalue weighted by molar-refractivity contribution is 7.99. The first kappa shape index (κ1) is 27.5. The van der Waals surface area contributed by atoms with Crippen LogP contribution in [-0.4, -0.2) is 36.2 Å². The molecule has 15 heteroatoms. The van der Waals surface area contributed by atoms with Gasteiger partial charge < -0.3 is 9.11 Å². The van der Waals surface area contributed by atoms with Crippen LogP contribution in [0.25, 0.3) is 10.9 Å². The van der Waals surface area contributed by atoms with Crippen molar-refractivity contribution in [1.82, 2.24) is 14.9 Å². The number of piperidine rings is 1. The van der Waals surface area contributed by atoms with E-state index in [0.29, 0.717) is 6.42 Å². The highest BCUT2D eigenvalue weighted by Gasteiger charge is 2.32. The SMILES string of the molecule is CCC[S+](=O)([O-])Nc1ccc([S+](=O)([O-])Nc2cccc3c(=O)n(C4CCC(=O)NC4=O)c(C)nc23)c(F)c1. The highest BCUT2D eigenvalue weighted by Crippen LogP contribution is 2.29. The van der Waals surface area contributed by atoms with E-state index in [1.54, 1.807) is 6.92 Å². The Morgan fingerprint density at radius 1 is 1.16 bits per heavy atom. The number of hydrogen-bond donors (Lipinski definition) is 3. The van der Waals surface area contributed by atoms with E-state index in [2.05, 4.69) is 19.7 Å². The van der Waals surface area contributed by atoms with E-state index >= 15 is 0 Å². The summed E-state index contributed by atoms with van der Waals surface area (Å²) >= 11 is 0. The predicted molar refractivity (Wildman–Crippen MR) is 137 cm³/mol. The van der Waals surface area contributed by atoms with Crippen molar-refractivity contribution < 1.29 is 31.5 Å². The molecule has 202 valence electrons. The van der Waals surface area contributed by atoms with Crippen LogP contribution in [-0.2, 0) is 38.8 Å². The number of nitrogens with one attached hydrogen (secondary N) is 3. The Balaban J connectivity index is 1.68. The summed E-state index contributed by atoms with van der Waals surface area (Å²) in [4.78, 5) is 40.7. The van der Waals surface area contributed by atoms with Gasteiger partial charge in [0.05, 0.1) is 11.1 Å². The summed E-state index contributed by atoms with van der Waals surface area (Å²) in [6, 6.07) is 5.98. The van der Waals surface area contributed by atoms with Gasteiger partial charge in [0.15, 0.2) is 16.2 Å². The van der Waals surface area contributed by atoms with Gasteiger partial charge in [0.25, 0.3) is 5.56 Å². The average molecular weight is 566 g/mol. The fourth-order valence-corrected chi connectivity index (χ4v) is 6.44. The van der Waals surface area contributed by atoms with Crippen molar-refractivity contribution in [2.45, 2.75) is 44.0 Å². The van der Waals surface area contributed by atoms with E-state index in [1.165, 1.54) is 25.1 Å². The first-order valence-electron chi connectivity index (χ1n) is 11.5. The van der Waals surface area contributed by atoms with E-state index in [-0.39, 0.29) is 46.7 Å². The minimum atomic E-state index is -4.53. The molecule has 1 aromatic heterocycles. The quantitative estimate of drug-likeness (QED) is 0.274. The number of carbonyl (C=O) groups is 2. The lowest BCUT2D eigenvalue weighted by atomic mass is 10.1. The number of carbonyl (C=O) groups excluding carboxylic acids is 2. The van der Waals surface area contributed by atoms with Crippen LogP contribution in [0.15, 0.2) is 46.1 Å². The summed E-state index contributed by atoms with van der Waals surface area (Å²) in [7, 11) is -8.24. The smallest absolute Gasteiger partial charge is 0.262 e. The zero-order chi connectivity index (χ0) is 27.8. The minimum Gasteiger partial charge on any atom is -0.593 e. The van der Waals surface area contributed by atoms with Crippen molar-refractivity contribution in [3.05, 3.63) is 58.4 Å². The summed E-state index contributed by atoms with van der Waals surface area (Å²) in [6.45, 7) is 3.13. The third kappa shape index (κ3) is 5.50. The van der Waals surface area contributed by atoms with Crippen LogP contribution in [0.1, 0.15) is 38.1 Å². The van der Waals surface area contributed by atoms with Crippen molar-refractivity contribution in [3.8, 4) is 0 Å². The molecule has 2 aromatic carbocycles. The van der Waals surface area contributed by atoms with Gasteiger partial charge in [0.1, 0.15) is 39.2 Å². The molecule has 3 atom stereocenters. The van der Waals surface area contributed by atoms with Gasteiger partial charge in [-0.15, -0.1) is 0 Å². The van der Waals surface area contributed by atoms with Gasteiger partial charge in [0.2, 0.25) is 16.7 Å². The van der Waals surface area contributed by atoms with Crippen molar-refractivity contribution >= 4 is 54.9 Å². The van der Waals surface area contributed by atoms with Crippen LogP contribution in [0.3, 0.4) is 0 Å². The Bertz CT molecular complexity index is 1610. The Morgan fingerprint density at radius 2 is 1.89 bits per heavy atom. The Labute approximate surface area is 218 Å². The first-order valence-corrected chi connectivity index (χ1v) is 14.6. The molecular weight excluding hydrogens is 541 g/mol. The van der Waals surface area contributed by atoms with Crippen molar-refractivity contribution in [3.63, 3.8) is 0 Å². The van der Waals surface area contributed by atoms with Crippen molar-refractivity contribution in [2.24, 2.45) is 0 Å². The summed E-state index contributed by atoms with van der Waals surface area (Å²) in [6.07, 6.45) is 0.491. The van der Waals surface area contributed by atoms with E-state index in [0.717, 1.165) is 22.8 Å². The topological polar surface area (TPSA) is 185 Å². The molecule has 4 rings (SSSR count). The molecule has 1 aliphatic rings. The van der Waals surface area contributed by atoms with Gasteiger partial charge >= 0.3 is 0 Å². The monoisotopic (exact) mass is 565 g/mol. The molecule has 0 radical (unpaired) electrons. The van der Waals surface area contributed by atoms with Crippen LogP contribution in [0, 0.1) is 12.7 Å². The molecule has 0 spiro atoms. The highest BCUT2D eigenvalue weighted by atomic mass is 32.3. The maximum atomic E-state index is 14.8. The number of anilines is 2. The number of aryl methyl sites for hydroxylation is 1. The molecule has 2 amide bonds. The lowest BCUT2D eigenvalue weighted by Gasteiger charge is -2.24. The molecule has 3 N–H and O–H groups in total. The van der Waals surface area contributed by atoms with E-state index in [1.807, 2.05) is 0 Å². The van der Waals surface area contributed by atoms with Crippen LogP contribution in [0.4, 0.5) is 15.8 Å². The lowest BCUT2D eigenvalue weighted by molar-refractivity contribution is -0.135. The minimum absolute atomic E-state index is 0.00153. The average Bonchev–Trinajstić information content (AvgIpc) is 2.80. The largest absolute Gasteiger partial charge is 0.593 e. The van der Waals surface area contributed by atoms with E-state index in [4.69, 9.17) is 0 Å². The Kier molecular flexibility index (Phi) is 7.47. The predicted octanol–water partition coefficient (Wildman–Crippen LogP) is 2.20. The molecule has 12 nitrogen and oxygen atoms in total. The number of imide groups is 1. The van der Waals surface area contributed by atoms with E-state index < -0.39 is 54.9 Å². The number of para-hydroxylation sites is 1. The van der Waals surface area contributed by atoms with Gasteiger partial charge in [-0.05, 0) is 38.0 Å². The van der Waals surface area contributed by atoms with Gasteiger partial charge in [-0.1, -0.05) is 21.4 Å². The fraction of sp³-hybridized carbons (Fsp3) is 0.304. The number of halogens is 1. The molecule has 0 saturated carbocycles. The lowest BCUT2D eigenvalue weighted by Crippen LogP contribution is -2.45. The molecular formula is C23H24FN5O7S2. The summed E-state index contributed by atoms with van der Waals surface area (Å²) in [5.41, 5.74) is -0.874. The number of fused-ring (bicyclic) bond motifs is 1. The van der Waals surface area contributed by atoms with Crippen molar-refractivity contribution in [1.29, 1.82) is 0 Å². The van der Waals surface area contributed by atoms with Crippen LogP contribution in [0.2, 0.25) is 0 Å². The molecule has 3 unspecified atom stereocenters. The second-order valence-corrected chi connectivity index (χ2v) is 12.2. The fourth-order valence-electron chi connectivity index (χ4n) is 4.19. The number of sulfonamides is 2. The number of amides is 2. The first-order chi connectivity index (χ1) is 17.8. The van der Waals surface area contributed by atoms with Crippen LogP contribution in [0.5, 0.6) is 0 Å². The standard InChI is InChI=1S/C23H24FN5O7S2/c1-3-11-37(33,34)27-14-7-9-19(16(24)12-14)38(35,36)28-17-6-4-5-15-21(17)25-13(2)29(23(15)32)18-8-10-20(30)26-22(18)31/h4-7,9,12,18H,3,8,10-11H2,1-2H3,(H3-2,26,27,28,30,31,33,34,35,36). The summed E-state index contributed by atoms with van der Waals surface area (Å²) < 4.78 is 70.3. The zero-order valence-electron chi connectivity index (χ0n) is 20.3. The van der Waals surface area contributed by atoms with Crippen molar-refractivity contribution in [2.75, 3.05) is 15.2 Å². The number of hydrogen-bond acceptors (Lipinski definition) is 8. The van der Waals surface area contributed by atoms with Gasteiger partial charge in [-0.25, -0.2) is 18.8 Å². The summed E-state index contributed by atoms with van der Waals surface area (Å²) in [5.74, 6) is -2.35. The molecule has 0 aliphatic carbocycles. The van der Waals surface area contributed by atoms with Crippen LogP contribution >= 0.6 is 0 Å². The molecule has 1 fully saturated rings. The maximum Gasteiger partial charge on any atom is 0.262 e. The molecule has 1 saturated heterocycles. The molecule has 3 aromatic rings. The Hall–Kier alpha value is -3.53. The van der Waals surface area contributed by atoms with Crippen LogP contribution < -0.4 is 20.3 Å². The number of nitrogens with zero attached hydrogens (tertiary/aromatic N) is 2. The third-order valence-electron chi connectivity index (χ3n) is 5.84. The van der Waals surface area contributed by atoms with E-state index in [9.17, 15) is 36.3 Å². The zero-order valence-corrected chi connectivity index (χ0v) is 21.9. The van der Waals surface area contributed by atoms with Gasteiger partial charge in [0, 0.05) is 18.6 Å². The molecule has 2 heterocycles.